The van der Waals surface area contributed by atoms with Gasteiger partial charge in [0.25, 0.3) is 5.91 Å². The third kappa shape index (κ3) is 2.43. The van der Waals surface area contributed by atoms with Gasteiger partial charge in [0, 0.05) is 12.6 Å². The Balaban J connectivity index is 2.18. The molecule has 1 saturated heterocycles. The zero-order valence-electron chi connectivity index (χ0n) is 10.1. The lowest BCUT2D eigenvalue weighted by Gasteiger charge is -2.36. The van der Waals surface area contributed by atoms with Crippen LogP contribution in [0, 0.1) is 5.92 Å². The van der Waals surface area contributed by atoms with Crippen LogP contribution in [0.4, 0.5) is 0 Å². The second kappa shape index (κ2) is 5.14. The zero-order valence-corrected chi connectivity index (χ0v) is 11.6. The molecule has 0 aromatic carbocycles. The van der Waals surface area contributed by atoms with Gasteiger partial charge in [-0.15, -0.1) is 0 Å². The molecule has 0 radical (unpaired) electrons. The second-order valence-corrected chi connectivity index (χ2v) is 5.31. The van der Waals surface area contributed by atoms with E-state index in [2.05, 4.69) is 15.9 Å². The van der Waals surface area contributed by atoms with E-state index in [9.17, 15) is 9.59 Å². The van der Waals surface area contributed by atoms with E-state index in [1.165, 1.54) is 6.26 Å². The maximum absolute atomic E-state index is 12.3. The number of hydrogen-bond donors (Lipinski definition) is 1. The topological polar surface area (TPSA) is 76.5 Å². The van der Waals surface area contributed by atoms with Crippen molar-refractivity contribution in [3.05, 3.63) is 22.6 Å². The molecule has 1 aromatic heterocycles. The Morgan fingerprint density at radius 2 is 2.22 bits per heavy atom. The molecule has 0 spiro atoms. The minimum atomic E-state index is -0.342. The third-order valence-electron chi connectivity index (χ3n) is 3.39. The van der Waals surface area contributed by atoms with Gasteiger partial charge in [0.05, 0.1) is 17.7 Å². The predicted octanol–water partition coefficient (Wildman–Crippen LogP) is 1.77. The van der Waals surface area contributed by atoms with Crippen molar-refractivity contribution in [2.45, 2.75) is 25.8 Å². The van der Waals surface area contributed by atoms with Crippen LogP contribution < -0.4 is 5.73 Å². The maximum atomic E-state index is 12.3. The van der Waals surface area contributed by atoms with Gasteiger partial charge < -0.3 is 15.1 Å². The van der Waals surface area contributed by atoms with E-state index in [0.29, 0.717) is 16.8 Å². The number of nitrogens with two attached hydrogens (primary N) is 1. The van der Waals surface area contributed by atoms with Crippen LogP contribution in [0.3, 0.4) is 0 Å². The summed E-state index contributed by atoms with van der Waals surface area (Å²) in [6, 6.07) is 1.72. The Labute approximate surface area is 113 Å². The van der Waals surface area contributed by atoms with Gasteiger partial charge in [-0.3, -0.25) is 9.59 Å². The SMILES string of the molecule is CC1CCC(C(N)=O)CN1C(=O)c1ccoc1Br. The van der Waals surface area contributed by atoms with Gasteiger partial charge in [0.15, 0.2) is 4.67 Å². The van der Waals surface area contributed by atoms with Crippen molar-refractivity contribution in [2.24, 2.45) is 11.7 Å². The standard InChI is InChI=1S/C12H15BrN2O3/c1-7-2-3-8(11(14)16)6-15(7)12(17)9-4-5-18-10(9)13/h4-5,7-8H,2-3,6H2,1H3,(H2,14,16). The van der Waals surface area contributed by atoms with Gasteiger partial charge in [0.2, 0.25) is 5.91 Å². The van der Waals surface area contributed by atoms with Crippen molar-refractivity contribution in [2.75, 3.05) is 6.54 Å². The van der Waals surface area contributed by atoms with Crippen LogP contribution in [-0.4, -0.2) is 29.3 Å². The van der Waals surface area contributed by atoms with Crippen molar-refractivity contribution < 1.29 is 14.0 Å². The molecule has 2 N–H and O–H groups in total. The number of piperidine rings is 1. The molecule has 0 saturated carbocycles. The fraction of sp³-hybridized carbons (Fsp3) is 0.500. The lowest BCUT2D eigenvalue weighted by atomic mass is 9.92. The van der Waals surface area contributed by atoms with Crippen LogP contribution in [0.5, 0.6) is 0 Å². The molecule has 2 atom stereocenters. The largest absolute Gasteiger partial charge is 0.457 e. The second-order valence-electron chi connectivity index (χ2n) is 4.59. The number of furan rings is 1. The van der Waals surface area contributed by atoms with Crippen LogP contribution in [-0.2, 0) is 4.79 Å². The molecule has 2 unspecified atom stereocenters. The maximum Gasteiger partial charge on any atom is 0.258 e. The molecule has 18 heavy (non-hydrogen) atoms. The summed E-state index contributed by atoms with van der Waals surface area (Å²) in [5.41, 5.74) is 5.80. The molecule has 98 valence electrons. The number of primary amides is 1. The average Bonchev–Trinajstić information content (AvgIpc) is 2.75. The van der Waals surface area contributed by atoms with Crippen LogP contribution in [0.2, 0.25) is 0 Å². The molecule has 1 aromatic rings. The summed E-state index contributed by atoms with van der Waals surface area (Å²) in [4.78, 5) is 25.3. The van der Waals surface area contributed by atoms with E-state index in [1.807, 2.05) is 6.92 Å². The summed E-state index contributed by atoms with van der Waals surface area (Å²) in [6.07, 6.45) is 2.99. The van der Waals surface area contributed by atoms with Crippen molar-refractivity contribution in [3.63, 3.8) is 0 Å². The molecule has 1 aliphatic heterocycles. The van der Waals surface area contributed by atoms with Gasteiger partial charge >= 0.3 is 0 Å². The quantitative estimate of drug-likeness (QED) is 0.903. The van der Waals surface area contributed by atoms with E-state index < -0.39 is 0 Å². The Bertz CT molecular complexity index is 472. The molecule has 5 nitrogen and oxygen atoms in total. The van der Waals surface area contributed by atoms with Crippen LogP contribution in [0.15, 0.2) is 21.4 Å². The van der Waals surface area contributed by atoms with Crippen LogP contribution in [0.1, 0.15) is 30.1 Å². The highest BCUT2D eigenvalue weighted by molar-refractivity contribution is 9.10. The first kappa shape index (κ1) is 13.1. The number of rotatable bonds is 2. The summed E-state index contributed by atoms with van der Waals surface area (Å²) in [6.45, 7) is 2.36. The molecule has 1 fully saturated rings. The molecule has 1 aliphatic rings. The summed E-state index contributed by atoms with van der Waals surface area (Å²) in [5, 5.41) is 0. The summed E-state index contributed by atoms with van der Waals surface area (Å²) in [5.74, 6) is -0.726. The van der Waals surface area contributed by atoms with Gasteiger partial charge in [-0.25, -0.2) is 0 Å². The molecule has 6 heteroatoms. The van der Waals surface area contributed by atoms with Crippen molar-refractivity contribution in [1.82, 2.24) is 4.90 Å². The lowest BCUT2D eigenvalue weighted by Crippen LogP contribution is -2.48. The summed E-state index contributed by atoms with van der Waals surface area (Å²) >= 11 is 3.19. The first-order valence-electron chi connectivity index (χ1n) is 5.84. The number of carbonyl (C=O) groups excluding carboxylic acids is 2. The molecule has 0 bridgehead atoms. The summed E-state index contributed by atoms with van der Waals surface area (Å²) in [7, 11) is 0. The molecule has 2 rings (SSSR count). The highest BCUT2D eigenvalue weighted by Crippen LogP contribution is 2.26. The van der Waals surface area contributed by atoms with E-state index >= 15 is 0 Å². The van der Waals surface area contributed by atoms with Crippen molar-refractivity contribution in [3.8, 4) is 0 Å². The number of likely N-dealkylation sites (tertiary alicyclic amines) is 1. The van der Waals surface area contributed by atoms with E-state index in [-0.39, 0.29) is 23.8 Å². The zero-order chi connectivity index (χ0) is 13.3. The highest BCUT2D eigenvalue weighted by atomic mass is 79.9. The third-order valence-corrected chi connectivity index (χ3v) is 4.01. The number of amides is 2. The fourth-order valence-electron chi connectivity index (χ4n) is 2.22. The smallest absolute Gasteiger partial charge is 0.258 e. The predicted molar refractivity (Wildman–Crippen MR) is 68.8 cm³/mol. The van der Waals surface area contributed by atoms with Gasteiger partial charge in [0.1, 0.15) is 0 Å². The fourth-order valence-corrected chi connectivity index (χ4v) is 2.63. The molecule has 2 heterocycles. The van der Waals surface area contributed by atoms with E-state index in [1.54, 1.807) is 11.0 Å². The number of halogens is 1. The van der Waals surface area contributed by atoms with Gasteiger partial charge in [-0.1, -0.05) is 0 Å². The molecular weight excluding hydrogens is 300 g/mol. The Hall–Kier alpha value is -1.30. The molecular formula is C12H15BrN2O3. The monoisotopic (exact) mass is 314 g/mol. The molecule has 0 aliphatic carbocycles. The van der Waals surface area contributed by atoms with E-state index in [0.717, 1.165) is 12.8 Å². The van der Waals surface area contributed by atoms with Gasteiger partial charge in [-0.05, 0) is 41.8 Å². The number of hydrogen-bond acceptors (Lipinski definition) is 3. The van der Waals surface area contributed by atoms with Gasteiger partial charge in [-0.2, -0.15) is 0 Å². The minimum absolute atomic E-state index is 0.106. The number of carbonyl (C=O) groups is 2. The minimum Gasteiger partial charge on any atom is -0.457 e. The number of nitrogens with zero attached hydrogens (tertiary/aromatic N) is 1. The lowest BCUT2D eigenvalue weighted by molar-refractivity contribution is -0.123. The average molecular weight is 315 g/mol. The van der Waals surface area contributed by atoms with Crippen LogP contribution >= 0.6 is 15.9 Å². The van der Waals surface area contributed by atoms with Crippen molar-refractivity contribution in [1.29, 1.82) is 0 Å². The Morgan fingerprint density at radius 3 is 2.78 bits per heavy atom. The van der Waals surface area contributed by atoms with Crippen LogP contribution in [0.25, 0.3) is 0 Å². The Morgan fingerprint density at radius 1 is 1.50 bits per heavy atom. The highest BCUT2D eigenvalue weighted by Gasteiger charge is 2.33. The first-order valence-corrected chi connectivity index (χ1v) is 6.63. The first-order chi connectivity index (χ1) is 8.50. The normalized spacial score (nSPS) is 24.0. The van der Waals surface area contributed by atoms with Crippen molar-refractivity contribution >= 4 is 27.7 Å². The van der Waals surface area contributed by atoms with E-state index in [4.69, 9.17) is 10.2 Å². The summed E-state index contributed by atoms with van der Waals surface area (Å²) < 4.78 is 5.48. The Kier molecular flexibility index (Phi) is 3.75. The molecule has 2 amide bonds.